The molecule has 2 rings (SSSR count). The summed E-state index contributed by atoms with van der Waals surface area (Å²) >= 11 is 3.37. The molecule has 0 unspecified atom stereocenters. The second-order valence-electron chi connectivity index (χ2n) is 4.19. The van der Waals surface area contributed by atoms with Gasteiger partial charge in [-0.25, -0.2) is 4.98 Å². The van der Waals surface area contributed by atoms with Crippen LogP contribution in [-0.4, -0.2) is 31.0 Å². The van der Waals surface area contributed by atoms with Gasteiger partial charge in [0.1, 0.15) is 10.4 Å². The van der Waals surface area contributed by atoms with Gasteiger partial charge in [-0.3, -0.25) is 4.79 Å². The van der Waals surface area contributed by atoms with Crippen LogP contribution in [0.1, 0.15) is 12.8 Å². The lowest BCUT2D eigenvalue weighted by Gasteiger charge is -2.31. The fraction of sp³-hybridized carbons (Fsp3) is 0.500. The van der Waals surface area contributed by atoms with Gasteiger partial charge >= 0.3 is 0 Å². The normalized spacial score (nSPS) is 16.9. The van der Waals surface area contributed by atoms with E-state index in [-0.39, 0.29) is 11.8 Å². The van der Waals surface area contributed by atoms with Gasteiger partial charge < -0.3 is 10.2 Å². The van der Waals surface area contributed by atoms with Crippen LogP contribution in [0.2, 0.25) is 0 Å². The molecule has 1 amide bonds. The van der Waals surface area contributed by atoms with E-state index in [4.69, 9.17) is 0 Å². The maximum atomic E-state index is 11.5. The molecule has 1 N–H and O–H groups in total. The van der Waals surface area contributed by atoms with Crippen molar-refractivity contribution in [2.45, 2.75) is 12.8 Å². The van der Waals surface area contributed by atoms with Gasteiger partial charge in [0.2, 0.25) is 5.91 Å². The summed E-state index contributed by atoms with van der Waals surface area (Å²) in [6.07, 6.45) is 1.79. The fourth-order valence-electron chi connectivity index (χ4n) is 2.15. The highest BCUT2D eigenvalue weighted by Gasteiger charge is 2.24. The molecule has 1 aliphatic heterocycles. The number of carbonyl (C=O) groups excluding carboxylic acids is 1. The predicted molar refractivity (Wildman–Crippen MR) is 70.9 cm³/mol. The molecule has 1 aromatic heterocycles. The van der Waals surface area contributed by atoms with Gasteiger partial charge in [-0.15, -0.1) is 0 Å². The Bertz CT molecular complexity index is 402. The quantitative estimate of drug-likeness (QED) is 0.847. The molecule has 1 aromatic rings. The Hall–Kier alpha value is -1.10. The number of halogens is 1. The number of rotatable bonds is 2. The third-order valence-corrected chi connectivity index (χ3v) is 3.58. The first kappa shape index (κ1) is 12.4. The molecule has 0 radical (unpaired) electrons. The van der Waals surface area contributed by atoms with Gasteiger partial charge in [0, 0.05) is 26.1 Å². The molecule has 0 aliphatic carbocycles. The third kappa shape index (κ3) is 2.97. The summed E-state index contributed by atoms with van der Waals surface area (Å²) in [7, 11) is 1.70. The predicted octanol–water partition coefficient (Wildman–Crippen LogP) is 1.81. The molecule has 92 valence electrons. The number of aromatic nitrogens is 1. The van der Waals surface area contributed by atoms with Crippen LogP contribution in [0.4, 0.5) is 5.82 Å². The number of piperidine rings is 1. The molecule has 0 saturated carbocycles. The summed E-state index contributed by atoms with van der Waals surface area (Å²) in [6.45, 7) is 1.78. The van der Waals surface area contributed by atoms with Gasteiger partial charge in [0.15, 0.2) is 0 Å². The van der Waals surface area contributed by atoms with E-state index >= 15 is 0 Å². The monoisotopic (exact) mass is 297 g/mol. The third-order valence-electron chi connectivity index (χ3n) is 3.14. The van der Waals surface area contributed by atoms with E-state index in [0.29, 0.717) is 0 Å². The van der Waals surface area contributed by atoms with E-state index in [1.165, 1.54) is 0 Å². The zero-order valence-electron chi connectivity index (χ0n) is 9.82. The first-order valence-corrected chi connectivity index (χ1v) is 6.59. The second-order valence-corrected chi connectivity index (χ2v) is 5.01. The topological polar surface area (TPSA) is 45.2 Å². The van der Waals surface area contributed by atoms with Crippen LogP contribution in [-0.2, 0) is 4.79 Å². The number of pyridine rings is 1. The second kappa shape index (κ2) is 5.49. The molecule has 1 fully saturated rings. The molecular formula is C12H16BrN3O. The van der Waals surface area contributed by atoms with Crippen molar-refractivity contribution in [3.8, 4) is 0 Å². The highest BCUT2D eigenvalue weighted by molar-refractivity contribution is 9.10. The van der Waals surface area contributed by atoms with E-state index in [9.17, 15) is 4.79 Å². The number of amides is 1. The first-order valence-electron chi connectivity index (χ1n) is 5.80. The molecule has 0 spiro atoms. The minimum atomic E-state index is 0.156. The molecular weight excluding hydrogens is 282 g/mol. The Morgan fingerprint density at radius 1 is 1.47 bits per heavy atom. The van der Waals surface area contributed by atoms with Crippen molar-refractivity contribution in [1.29, 1.82) is 0 Å². The van der Waals surface area contributed by atoms with Gasteiger partial charge in [-0.05, 0) is 40.9 Å². The fourth-order valence-corrected chi connectivity index (χ4v) is 2.48. The molecule has 0 bridgehead atoms. The Morgan fingerprint density at radius 3 is 2.76 bits per heavy atom. The van der Waals surface area contributed by atoms with Crippen molar-refractivity contribution in [3.05, 3.63) is 22.8 Å². The molecule has 4 nitrogen and oxygen atoms in total. The van der Waals surface area contributed by atoms with Crippen LogP contribution in [0.5, 0.6) is 0 Å². The van der Waals surface area contributed by atoms with Crippen LogP contribution in [0.25, 0.3) is 0 Å². The molecule has 1 aliphatic rings. The van der Waals surface area contributed by atoms with E-state index < -0.39 is 0 Å². The van der Waals surface area contributed by atoms with Crippen molar-refractivity contribution >= 4 is 27.7 Å². The van der Waals surface area contributed by atoms with Gasteiger partial charge in [-0.2, -0.15) is 0 Å². The summed E-state index contributed by atoms with van der Waals surface area (Å²) in [5, 5.41) is 2.72. The standard InChI is InChI=1S/C12H16BrN3O/c1-14-12(17)9-5-7-16(8-6-9)11-4-2-3-10(13)15-11/h2-4,9H,5-8H2,1H3,(H,14,17). The number of nitrogens with zero attached hydrogens (tertiary/aromatic N) is 2. The minimum Gasteiger partial charge on any atom is -0.359 e. The Balaban J connectivity index is 1.97. The first-order chi connectivity index (χ1) is 8.20. The summed E-state index contributed by atoms with van der Waals surface area (Å²) in [4.78, 5) is 18.2. The van der Waals surface area contributed by atoms with E-state index in [1.54, 1.807) is 7.05 Å². The van der Waals surface area contributed by atoms with Crippen molar-refractivity contribution < 1.29 is 4.79 Å². The average Bonchev–Trinajstić information content (AvgIpc) is 2.38. The van der Waals surface area contributed by atoms with Crippen molar-refractivity contribution in [3.63, 3.8) is 0 Å². The van der Waals surface area contributed by atoms with Crippen LogP contribution in [0, 0.1) is 5.92 Å². The zero-order chi connectivity index (χ0) is 12.3. The van der Waals surface area contributed by atoms with E-state index in [1.807, 2.05) is 18.2 Å². The van der Waals surface area contributed by atoms with Crippen molar-refractivity contribution in [1.82, 2.24) is 10.3 Å². The zero-order valence-corrected chi connectivity index (χ0v) is 11.4. The molecule has 0 atom stereocenters. The Kier molecular flexibility index (Phi) is 3.99. The van der Waals surface area contributed by atoms with Gasteiger partial charge in [0.05, 0.1) is 0 Å². The molecule has 5 heteroatoms. The van der Waals surface area contributed by atoms with Gasteiger partial charge in [-0.1, -0.05) is 6.07 Å². The average molecular weight is 298 g/mol. The van der Waals surface area contributed by atoms with Crippen molar-refractivity contribution in [2.24, 2.45) is 5.92 Å². The lowest BCUT2D eigenvalue weighted by Crippen LogP contribution is -2.39. The molecule has 17 heavy (non-hydrogen) atoms. The van der Waals surface area contributed by atoms with Crippen LogP contribution < -0.4 is 10.2 Å². The Labute approximate surface area is 110 Å². The summed E-state index contributed by atoms with van der Waals surface area (Å²) < 4.78 is 0.850. The van der Waals surface area contributed by atoms with Crippen LogP contribution in [0.15, 0.2) is 22.8 Å². The SMILES string of the molecule is CNC(=O)C1CCN(c2cccc(Br)n2)CC1. The van der Waals surface area contributed by atoms with Gasteiger partial charge in [0.25, 0.3) is 0 Å². The summed E-state index contributed by atoms with van der Waals surface area (Å²) in [5.41, 5.74) is 0. The van der Waals surface area contributed by atoms with Crippen LogP contribution >= 0.6 is 15.9 Å². The smallest absolute Gasteiger partial charge is 0.222 e. The molecule has 2 heterocycles. The highest BCUT2D eigenvalue weighted by atomic mass is 79.9. The summed E-state index contributed by atoms with van der Waals surface area (Å²) in [6, 6.07) is 5.91. The number of carbonyl (C=O) groups is 1. The number of anilines is 1. The van der Waals surface area contributed by atoms with Crippen molar-refractivity contribution in [2.75, 3.05) is 25.0 Å². The number of hydrogen-bond donors (Lipinski definition) is 1. The van der Waals surface area contributed by atoms with E-state index in [2.05, 4.69) is 31.1 Å². The summed E-state index contributed by atoms with van der Waals surface area (Å²) in [5.74, 6) is 1.30. The largest absolute Gasteiger partial charge is 0.359 e. The maximum absolute atomic E-state index is 11.5. The number of hydrogen-bond acceptors (Lipinski definition) is 3. The lowest BCUT2D eigenvalue weighted by atomic mass is 9.96. The van der Waals surface area contributed by atoms with Crippen LogP contribution in [0.3, 0.4) is 0 Å². The Morgan fingerprint density at radius 2 is 2.18 bits per heavy atom. The number of nitrogens with one attached hydrogen (secondary N) is 1. The highest BCUT2D eigenvalue weighted by Crippen LogP contribution is 2.22. The molecule has 1 saturated heterocycles. The minimum absolute atomic E-state index is 0.156. The maximum Gasteiger partial charge on any atom is 0.222 e. The van der Waals surface area contributed by atoms with E-state index in [0.717, 1.165) is 36.4 Å². The lowest BCUT2D eigenvalue weighted by molar-refractivity contribution is -0.125. The molecule has 0 aromatic carbocycles.